The van der Waals surface area contributed by atoms with Gasteiger partial charge in [0.05, 0.1) is 12.0 Å². The Morgan fingerprint density at radius 1 is 1.50 bits per heavy atom. The van der Waals surface area contributed by atoms with E-state index in [1.807, 2.05) is 0 Å². The molecule has 0 N–H and O–H groups in total. The summed E-state index contributed by atoms with van der Waals surface area (Å²) in [5.74, 6) is 0.00814. The Labute approximate surface area is 107 Å². The largest absolute Gasteiger partial charge is 0.475 e. The predicted octanol–water partition coefficient (Wildman–Crippen LogP) is 2.11. The van der Waals surface area contributed by atoms with Crippen molar-refractivity contribution in [3.63, 3.8) is 0 Å². The molecular weight excluding hydrogens is 254 g/mol. The average Bonchev–Trinajstić information content (AvgIpc) is 2.66. The van der Waals surface area contributed by atoms with Gasteiger partial charge >= 0.3 is 11.6 Å². The first-order chi connectivity index (χ1) is 8.33. The fraction of sp³-hybridized carbons (Fsp3) is 0.700. The van der Waals surface area contributed by atoms with Crippen molar-refractivity contribution in [3.8, 4) is 5.88 Å². The molecule has 8 heteroatoms. The van der Waals surface area contributed by atoms with Crippen LogP contribution in [0.2, 0.25) is 25.7 Å². The summed E-state index contributed by atoms with van der Waals surface area (Å²) in [5.41, 5.74) is -0.147. The molecule has 7 nitrogen and oxygen atoms in total. The second kappa shape index (κ2) is 5.96. The highest BCUT2D eigenvalue weighted by molar-refractivity contribution is 6.76. The monoisotopic (exact) mass is 273 g/mol. The van der Waals surface area contributed by atoms with Crippen LogP contribution in [0.25, 0.3) is 0 Å². The molecule has 0 saturated carbocycles. The first-order valence-electron chi connectivity index (χ1n) is 5.67. The normalized spacial score (nSPS) is 11.6. The molecule has 1 rings (SSSR count). The number of methoxy groups -OCH3 is 1. The van der Waals surface area contributed by atoms with Gasteiger partial charge in [-0.3, -0.25) is 10.1 Å². The van der Waals surface area contributed by atoms with Crippen LogP contribution >= 0.6 is 0 Å². The minimum absolute atomic E-state index is 0.00814. The Hall–Kier alpha value is -1.41. The molecule has 0 aromatic carbocycles. The highest BCUT2D eigenvalue weighted by Crippen LogP contribution is 2.23. The first kappa shape index (κ1) is 14.6. The molecule has 0 unspecified atom stereocenters. The molecule has 0 amide bonds. The van der Waals surface area contributed by atoms with Crippen LogP contribution in [0.3, 0.4) is 0 Å². The fourth-order valence-corrected chi connectivity index (χ4v) is 2.02. The molecule has 102 valence electrons. The summed E-state index contributed by atoms with van der Waals surface area (Å²) < 4.78 is 11.6. The maximum Gasteiger partial charge on any atom is 0.350 e. The number of nitro groups is 1. The van der Waals surface area contributed by atoms with Crippen molar-refractivity contribution in [2.45, 2.75) is 32.4 Å². The van der Waals surface area contributed by atoms with Crippen molar-refractivity contribution in [1.82, 2.24) is 9.78 Å². The lowest BCUT2D eigenvalue weighted by Crippen LogP contribution is -2.22. The fourth-order valence-electron chi connectivity index (χ4n) is 1.27. The van der Waals surface area contributed by atoms with Crippen molar-refractivity contribution >= 4 is 13.8 Å². The minimum atomic E-state index is -1.11. The third kappa shape index (κ3) is 4.45. The van der Waals surface area contributed by atoms with Gasteiger partial charge in [0.25, 0.3) is 0 Å². The van der Waals surface area contributed by atoms with Crippen LogP contribution in [0, 0.1) is 10.1 Å². The van der Waals surface area contributed by atoms with E-state index >= 15 is 0 Å². The van der Waals surface area contributed by atoms with Gasteiger partial charge in [-0.25, -0.2) is 4.68 Å². The number of hydrogen-bond acceptors (Lipinski definition) is 5. The molecule has 1 aromatic heterocycles. The summed E-state index contributed by atoms with van der Waals surface area (Å²) in [6.45, 7) is 7.63. The zero-order valence-corrected chi connectivity index (χ0v) is 12.2. The van der Waals surface area contributed by atoms with Gasteiger partial charge in [0.15, 0.2) is 0 Å². The van der Waals surface area contributed by atoms with Crippen LogP contribution in [-0.4, -0.2) is 36.5 Å². The van der Waals surface area contributed by atoms with Gasteiger partial charge in [-0.05, 0) is 6.04 Å². The van der Waals surface area contributed by atoms with Gasteiger partial charge in [0.1, 0.15) is 12.9 Å². The molecular formula is C10H19N3O4Si. The standard InChI is InChI=1S/C10H19N3O4Si/c1-16-10-9(13(14)15)7-12(11-10)8-17-5-6-18(2,3)4/h7H,5-6,8H2,1-4H3. The highest BCUT2D eigenvalue weighted by atomic mass is 28.3. The topological polar surface area (TPSA) is 79.4 Å². The van der Waals surface area contributed by atoms with E-state index in [0.717, 1.165) is 6.04 Å². The molecule has 0 aliphatic heterocycles. The zero-order valence-electron chi connectivity index (χ0n) is 11.2. The summed E-state index contributed by atoms with van der Waals surface area (Å²) in [6.07, 6.45) is 1.31. The van der Waals surface area contributed by atoms with Crippen LogP contribution in [-0.2, 0) is 11.5 Å². The van der Waals surface area contributed by atoms with E-state index in [9.17, 15) is 10.1 Å². The summed E-state index contributed by atoms with van der Waals surface area (Å²) in [4.78, 5) is 10.2. The first-order valence-corrected chi connectivity index (χ1v) is 9.38. The van der Waals surface area contributed by atoms with Crippen molar-refractivity contribution in [3.05, 3.63) is 16.3 Å². The average molecular weight is 273 g/mol. The molecule has 0 saturated heterocycles. The van der Waals surface area contributed by atoms with Gasteiger partial charge in [-0.2, -0.15) is 0 Å². The quantitative estimate of drug-likeness (QED) is 0.329. The van der Waals surface area contributed by atoms with Gasteiger partial charge < -0.3 is 9.47 Å². The smallest absolute Gasteiger partial charge is 0.350 e. The summed E-state index contributed by atoms with van der Waals surface area (Å²) in [7, 11) is 0.239. The molecule has 0 aliphatic rings. The van der Waals surface area contributed by atoms with E-state index in [-0.39, 0.29) is 18.3 Å². The highest BCUT2D eigenvalue weighted by Gasteiger charge is 2.20. The summed E-state index contributed by atoms with van der Waals surface area (Å²) in [5, 5.41) is 14.6. The van der Waals surface area contributed by atoms with Gasteiger partial charge in [-0.15, -0.1) is 5.10 Å². The SMILES string of the molecule is COc1nn(COCC[Si](C)(C)C)cc1[N+](=O)[O-]. The lowest BCUT2D eigenvalue weighted by molar-refractivity contribution is -0.385. The summed E-state index contributed by atoms with van der Waals surface area (Å²) in [6, 6.07) is 1.05. The maximum absolute atomic E-state index is 10.7. The number of aromatic nitrogens is 2. The van der Waals surface area contributed by atoms with E-state index in [0.29, 0.717) is 6.61 Å². The van der Waals surface area contributed by atoms with E-state index < -0.39 is 13.0 Å². The molecule has 0 spiro atoms. The van der Waals surface area contributed by atoms with Gasteiger partial charge in [0.2, 0.25) is 0 Å². The molecule has 18 heavy (non-hydrogen) atoms. The van der Waals surface area contributed by atoms with Crippen molar-refractivity contribution in [2.75, 3.05) is 13.7 Å². The van der Waals surface area contributed by atoms with Crippen LogP contribution < -0.4 is 4.74 Å². The molecule has 0 aliphatic carbocycles. The van der Waals surface area contributed by atoms with E-state index in [1.54, 1.807) is 0 Å². The third-order valence-electron chi connectivity index (χ3n) is 2.32. The molecule has 0 bridgehead atoms. The number of ether oxygens (including phenoxy) is 2. The van der Waals surface area contributed by atoms with Crippen LogP contribution in [0.5, 0.6) is 5.88 Å². The predicted molar refractivity (Wildman–Crippen MR) is 69.5 cm³/mol. The Balaban J connectivity index is 2.51. The molecule has 0 radical (unpaired) electrons. The minimum Gasteiger partial charge on any atom is -0.475 e. The van der Waals surface area contributed by atoms with Crippen molar-refractivity contribution in [2.24, 2.45) is 0 Å². The van der Waals surface area contributed by atoms with Gasteiger partial charge in [0, 0.05) is 14.7 Å². The summed E-state index contributed by atoms with van der Waals surface area (Å²) >= 11 is 0. The lowest BCUT2D eigenvalue weighted by atomic mass is 10.6. The van der Waals surface area contributed by atoms with E-state index in [2.05, 4.69) is 24.7 Å². The Morgan fingerprint density at radius 3 is 2.61 bits per heavy atom. The number of rotatable bonds is 7. The lowest BCUT2D eigenvalue weighted by Gasteiger charge is -2.15. The van der Waals surface area contributed by atoms with Crippen LogP contribution in [0.15, 0.2) is 6.20 Å². The molecule has 1 heterocycles. The van der Waals surface area contributed by atoms with Crippen LogP contribution in [0.1, 0.15) is 0 Å². The Morgan fingerprint density at radius 2 is 2.17 bits per heavy atom. The zero-order chi connectivity index (χ0) is 13.8. The third-order valence-corrected chi connectivity index (χ3v) is 4.02. The van der Waals surface area contributed by atoms with E-state index in [1.165, 1.54) is 18.0 Å². The van der Waals surface area contributed by atoms with E-state index in [4.69, 9.17) is 9.47 Å². The second-order valence-corrected chi connectivity index (χ2v) is 10.8. The number of hydrogen-bond donors (Lipinski definition) is 0. The molecule has 0 atom stereocenters. The van der Waals surface area contributed by atoms with Gasteiger partial charge in [-0.1, -0.05) is 19.6 Å². The maximum atomic E-state index is 10.7. The molecule has 1 aromatic rings. The number of nitrogens with zero attached hydrogens (tertiary/aromatic N) is 3. The van der Waals surface area contributed by atoms with Crippen molar-refractivity contribution in [1.29, 1.82) is 0 Å². The Kier molecular flexibility index (Phi) is 4.85. The Bertz CT molecular complexity index is 414. The second-order valence-electron chi connectivity index (χ2n) is 5.17. The van der Waals surface area contributed by atoms with Crippen molar-refractivity contribution < 1.29 is 14.4 Å². The molecule has 0 fully saturated rings. The van der Waals surface area contributed by atoms with Crippen LogP contribution in [0.4, 0.5) is 5.69 Å².